The molecule has 36 heavy (non-hydrogen) atoms. The van der Waals surface area contributed by atoms with Crippen molar-refractivity contribution in [1.82, 2.24) is 14.5 Å². The van der Waals surface area contributed by atoms with Crippen LogP contribution in [0, 0.1) is 19.8 Å². The van der Waals surface area contributed by atoms with E-state index < -0.39 is 11.7 Å². The summed E-state index contributed by atoms with van der Waals surface area (Å²) in [5.41, 5.74) is 2.45. The van der Waals surface area contributed by atoms with Gasteiger partial charge in [0.05, 0.1) is 16.3 Å². The van der Waals surface area contributed by atoms with Crippen LogP contribution in [0.5, 0.6) is 0 Å². The number of hydrogen-bond acceptors (Lipinski definition) is 5. The number of Topliss-reactive ketones (excluding diaryl/α,β-unsaturated/α-hetero) is 1. The van der Waals surface area contributed by atoms with Gasteiger partial charge in [0.25, 0.3) is 0 Å². The summed E-state index contributed by atoms with van der Waals surface area (Å²) in [4.78, 5) is 24.5. The van der Waals surface area contributed by atoms with Gasteiger partial charge in [-0.25, -0.2) is 9.97 Å². The lowest BCUT2D eigenvalue weighted by atomic mass is 9.89. The van der Waals surface area contributed by atoms with E-state index in [1.54, 1.807) is 42.1 Å². The lowest BCUT2D eigenvalue weighted by Gasteiger charge is -2.18. The van der Waals surface area contributed by atoms with E-state index in [1.807, 2.05) is 0 Å². The molecule has 1 aliphatic carbocycles. The SMILES string of the molecule is Cc1cc(C(=O)CSc2ncnc3sc4c(c23)CCC(C)C4)c(C)n1-c1ccc(Cl)c(C(F)(F)F)c1. The maximum atomic E-state index is 13.4. The predicted molar refractivity (Wildman–Crippen MR) is 139 cm³/mol. The fourth-order valence-corrected chi connectivity index (χ4v) is 7.43. The minimum atomic E-state index is -4.57. The van der Waals surface area contributed by atoms with Crippen molar-refractivity contribution in [1.29, 1.82) is 0 Å². The maximum Gasteiger partial charge on any atom is 0.417 e. The zero-order chi connectivity index (χ0) is 25.8. The van der Waals surface area contributed by atoms with Crippen molar-refractivity contribution in [2.45, 2.75) is 51.2 Å². The maximum absolute atomic E-state index is 13.4. The van der Waals surface area contributed by atoms with Gasteiger partial charge in [-0.3, -0.25) is 4.79 Å². The molecule has 0 amide bonds. The number of nitrogens with zero attached hydrogens (tertiary/aromatic N) is 3. The van der Waals surface area contributed by atoms with E-state index in [1.165, 1.54) is 34.3 Å². The Morgan fingerprint density at radius 1 is 1.25 bits per heavy atom. The van der Waals surface area contributed by atoms with Crippen LogP contribution in [0.4, 0.5) is 13.2 Å². The third-order valence-corrected chi connectivity index (χ3v) is 9.12. The van der Waals surface area contributed by atoms with Crippen molar-refractivity contribution in [3.8, 4) is 5.69 Å². The molecule has 3 heterocycles. The van der Waals surface area contributed by atoms with Crippen molar-refractivity contribution in [2.24, 2.45) is 5.92 Å². The van der Waals surface area contributed by atoms with Crippen molar-refractivity contribution >= 4 is 50.7 Å². The van der Waals surface area contributed by atoms with Gasteiger partial charge in [-0.1, -0.05) is 30.3 Å². The van der Waals surface area contributed by atoms with E-state index >= 15 is 0 Å². The molecule has 0 aliphatic heterocycles. The molecule has 1 atom stereocenters. The first-order chi connectivity index (χ1) is 17.0. The highest BCUT2D eigenvalue weighted by Crippen LogP contribution is 2.41. The molecule has 0 spiro atoms. The number of ketones is 1. The minimum absolute atomic E-state index is 0.103. The molecular formula is C26H23ClF3N3OS2. The standard InChI is InChI=1S/C26H23ClF3N3OS2/c1-13-4-6-17-22(8-13)36-25-23(17)24(31-12-32-25)35-11-21(34)18-9-14(2)33(15(18)3)16-5-7-20(27)19(10-16)26(28,29)30/h5,7,9-10,12-13H,4,6,8,11H2,1-3H3. The van der Waals surface area contributed by atoms with Crippen LogP contribution < -0.4 is 0 Å². The van der Waals surface area contributed by atoms with E-state index in [4.69, 9.17) is 11.6 Å². The Labute approximate surface area is 219 Å². The molecule has 1 unspecified atom stereocenters. The largest absolute Gasteiger partial charge is 0.417 e. The van der Waals surface area contributed by atoms with Gasteiger partial charge in [0.2, 0.25) is 0 Å². The second-order valence-electron chi connectivity index (χ2n) is 9.20. The molecule has 4 nitrogen and oxygen atoms in total. The highest BCUT2D eigenvalue weighted by Gasteiger charge is 2.34. The summed E-state index contributed by atoms with van der Waals surface area (Å²) >= 11 is 8.90. The fraction of sp³-hybridized carbons (Fsp3) is 0.346. The summed E-state index contributed by atoms with van der Waals surface area (Å²) in [6.07, 6.45) is 0.146. The third-order valence-electron chi connectivity index (χ3n) is 6.64. The van der Waals surface area contributed by atoms with Gasteiger partial charge < -0.3 is 4.57 Å². The lowest BCUT2D eigenvalue weighted by molar-refractivity contribution is -0.137. The second-order valence-corrected chi connectivity index (χ2v) is 11.7. The van der Waals surface area contributed by atoms with Crippen LogP contribution in [0.2, 0.25) is 5.02 Å². The number of carbonyl (C=O) groups excluding carboxylic acids is 1. The van der Waals surface area contributed by atoms with E-state index in [2.05, 4.69) is 16.9 Å². The molecule has 0 N–H and O–H groups in total. The molecule has 188 valence electrons. The summed E-state index contributed by atoms with van der Waals surface area (Å²) in [6, 6.07) is 5.50. The Morgan fingerprint density at radius 2 is 2.03 bits per heavy atom. The number of thioether (sulfide) groups is 1. The van der Waals surface area contributed by atoms with Crippen LogP contribution >= 0.6 is 34.7 Å². The molecule has 0 fully saturated rings. The zero-order valence-corrected chi connectivity index (χ0v) is 22.3. The van der Waals surface area contributed by atoms with E-state index in [0.717, 1.165) is 40.6 Å². The number of carbonyl (C=O) groups is 1. The number of rotatable bonds is 5. The molecule has 10 heteroatoms. The first-order valence-corrected chi connectivity index (χ1v) is 13.7. The fourth-order valence-electron chi connectivity index (χ4n) is 4.88. The molecule has 3 aromatic heterocycles. The summed E-state index contributed by atoms with van der Waals surface area (Å²) in [5.74, 6) is 0.722. The van der Waals surface area contributed by atoms with Crippen molar-refractivity contribution < 1.29 is 18.0 Å². The molecular weight excluding hydrogens is 527 g/mol. The molecule has 0 saturated heterocycles. The van der Waals surface area contributed by atoms with Crippen LogP contribution in [0.25, 0.3) is 15.9 Å². The van der Waals surface area contributed by atoms with Crippen LogP contribution in [0.3, 0.4) is 0 Å². The van der Waals surface area contributed by atoms with Crippen LogP contribution in [0.15, 0.2) is 35.6 Å². The normalized spacial score (nSPS) is 15.9. The monoisotopic (exact) mass is 549 g/mol. The molecule has 1 aliphatic rings. The smallest absolute Gasteiger partial charge is 0.318 e. The van der Waals surface area contributed by atoms with Gasteiger partial charge >= 0.3 is 6.18 Å². The van der Waals surface area contributed by atoms with Crippen molar-refractivity contribution in [3.63, 3.8) is 0 Å². The highest BCUT2D eigenvalue weighted by atomic mass is 35.5. The molecule has 0 radical (unpaired) electrons. The van der Waals surface area contributed by atoms with E-state index in [-0.39, 0.29) is 16.6 Å². The summed E-state index contributed by atoms with van der Waals surface area (Å²) in [6.45, 7) is 5.77. The first-order valence-electron chi connectivity index (χ1n) is 11.5. The number of thiophene rings is 1. The quantitative estimate of drug-likeness (QED) is 0.144. The van der Waals surface area contributed by atoms with Gasteiger partial charge in [-0.15, -0.1) is 11.3 Å². The Morgan fingerprint density at radius 3 is 2.78 bits per heavy atom. The molecule has 0 saturated carbocycles. The third kappa shape index (κ3) is 4.57. The highest BCUT2D eigenvalue weighted by molar-refractivity contribution is 8.00. The van der Waals surface area contributed by atoms with Crippen molar-refractivity contribution in [3.05, 3.63) is 68.6 Å². The Balaban J connectivity index is 1.42. The number of fused-ring (bicyclic) bond motifs is 3. The Hall–Kier alpha value is -2.36. The summed E-state index contributed by atoms with van der Waals surface area (Å²) < 4.78 is 41.8. The average Bonchev–Trinajstić information content (AvgIpc) is 3.33. The van der Waals surface area contributed by atoms with Gasteiger partial charge in [-0.05, 0) is 68.9 Å². The molecule has 1 aromatic carbocycles. The van der Waals surface area contributed by atoms with E-state index in [9.17, 15) is 18.0 Å². The summed E-state index contributed by atoms with van der Waals surface area (Å²) in [5, 5.41) is 1.51. The average molecular weight is 550 g/mol. The number of benzene rings is 1. The number of hydrogen-bond donors (Lipinski definition) is 0. The van der Waals surface area contributed by atoms with Crippen LogP contribution in [-0.4, -0.2) is 26.1 Å². The van der Waals surface area contributed by atoms with Gasteiger partial charge in [0, 0.05) is 32.9 Å². The predicted octanol–water partition coefficient (Wildman–Crippen LogP) is 7.87. The molecule has 0 bridgehead atoms. The van der Waals surface area contributed by atoms with Gasteiger partial charge in [0.15, 0.2) is 5.78 Å². The van der Waals surface area contributed by atoms with Crippen LogP contribution in [-0.2, 0) is 19.0 Å². The first kappa shape index (κ1) is 25.3. The van der Waals surface area contributed by atoms with Crippen LogP contribution in [0.1, 0.15) is 51.1 Å². The number of aryl methyl sites for hydroxylation is 2. The zero-order valence-electron chi connectivity index (χ0n) is 19.9. The molecule has 4 aromatic rings. The van der Waals surface area contributed by atoms with Crippen molar-refractivity contribution in [2.75, 3.05) is 5.75 Å². The Bertz CT molecular complexity index is 1490. The molecule has 5 rings (SSSR count). The minimum Gasteiger partial charge on any atom is -0.318 e. The number of aromatic nitrogens is 3. The topological polar surface area (TPSA) is 47.8 Å². The Kier molecular flexibility index (Phi) is 6.68. The van der Waals surface area contributed by atoms with Gasteiger partial charge in [0.1, 0.15) is 16.2 Å². The van der Waals surface area contributed by atoms with Gasteiger partial charge in [-0.2, -0.15) is 13.2 Å². The number of halogens is 4. The number of alkyl halides is 3. The lowest BCUT2D eigenvalue weighted by Crippen LogP contribution is -2.09. The van der Waals surface area contributed by atoms with E-state index in [0.29, 0.717) is 28.6 Å². The second kappa shape index (κ2) is 9.50. The summed E-state index contributed by atoms with van der Waals surface area (Å²) in [7, 11) is 0.